The Balaban J connectivity index is 1.78. The number of allylic oxidation sites excluding steroid dienone is 2. The molecule has 3 rings (SSSR count). The molecule has 0 saturated heterocycles. The van der Waals surface area contributed by atoms with Crippen LogP contribution in [0.4, 0.5) is 5.69 Å². The van der Waals surface area contributed by atoms with Crippen molar-refractivity contribution in [1.82, 2.24) is 10.2 Å². The fourth-order valence-electron chi connectivity index (χ4n) is 2.60. The number of rotatable bonds is 5. The Morgan fingerprint density at radius 3 is 2.75 bits per heavy atom. The third-order valence-corrected chi connectivity index (χ3v) is 5.06. The van der Waals surface area contributed by atoms with E-state index in [0.29, 0.717) is 5.69 Å². The molecule has 2 aliphatic heterocycles. The van der Waals surface area contributed by atoms with Crippen molar-refractivity contribution < 1.29 is 22.8 Å². The Labute approximate surface area is 160 Å². The number of carbonyl (C=O) groups is 3. The molecule has 0 aliphatic carbocycles. The van der Waals surface area contributed by atoms with Gasteiger partial charge in [-0.3, -0.25) is 14.4 Å². The molecule has 4 N–H and O–H groups in total. The van der Waals surface area contributed by atoms with Crippen molar-refractivity contribution in [3.8, 4) is 0 Å². The third kappa shape index (κ3) is 4.43. The lowest BCUT2D eigenvalue weighted by atomic mass is 10.1. The molecule has 0 spiro atoms. The molecule has 0 unspecified atom stereocenters. The highest BCUT2D eigenvalue weighted by Gasteiger charge is 2.30. The van der Waals surface area contributed by atoms with Crippen molar-refractivity contribution in [3.05, 3.63) is 53.8 Å². The first-order valence-corrected chi connectivity index (χ1v) is 9.82. The van der Waals surface area contributed by atoms with Crippen LogP contribution >= 0.6 is 0 Å². The van der Waals surface area contributed by atoms with Gasteiger partial charge in [0.2, 0.25) is 5.91 Å². The fourth-order valence-corrected chi connectivity index (χ4v) is 3.58. The molecule has 0 radical (unpaired) electrons. The molecular formula is C17H17N5O5S. The fraction of sp³-hybridized carbons (Fsp3) is 0.176. The van der Waals surface area contributed by atoms with Gasteiger partial charge >= 0.3 is 0 Å². The molecule has 3 amide bonds. The highest BCUT2D eigenvalue weighted by Crippen LogP contribution is 2.19. The normalized spacial score (nSPS) is 17.1. The van der Waals surface area contributed by atoms with Crippen molar-refractivity contribution in [2.24, 2.45) is 10.1 Å². The van der Waals surface area contributed by atoms with Gasteiger partial charge in [-0.1, -0.05) is 6.07 Å². The Kier molecular flexibility index (Phi) is 5.27. The molecule has 10 nitrogen and oxygen atoms in total. The summed E-state index contributed by atoms with van der Waals surface area (Å²) < 4.78 is 27.3. The number of anilines is 1. The van der Waals surface area contributed by atoms with E-state index >= 15 is 0 Å². The van der Waals surface area contributed by atoms with Crippen LogP contribution in [-0.4, -0.2) is 55.7 Å². The van der Waals surface area contributed by atoms with Gasteiger partial charge in [-0.25, -0.2) is 8.42 Å². The maximum absolute atomic E-state index is 12.7. The zero-order chi connectivity index (χ0) is 20.3. The first-order chi connectivity index (χ1) is 13.2. The average Bonchev–Trinajstić information content (AvgIpc) is 2.65. The molecule has 1 aromatic carbocycles. The highest BCUT2D eigenvalue weighted by molar-refractivity contribution is 7.90. The Morgan fingerprint density at radius 1 is 1.21 bits per heavy atom. The molecule has 0 bridgehead atoms. The van der Waals surface area contributed by atoms with Crippen LogP contribution in [0.3, 0.4) is 0 Å². The van der Waals surface area contributed by atoms with Crippen LogP contribution in [0.2, 0.25) is 0 Å². The monoisotopic (exact) mass is 403 g/mol. The van der Waals surface area contributed by atoms with Crippen molar-refractivity contribution in [2.75, 3.05) is 24.2 Å². The topological polar surface area (TPSA) is 151 Å². The van der Waals surface area contributed by atoms with Crippen LogP contribution in [0.15, 0.2) is 52.6 Å². The van der Waals surface area contributed by atoms with Gasteiger partial charge in [-0.05, 0) is 30.4 Å². The number of nitrogens with zero attached hydrogens (tertiary/aromatic N) is 2. The minimum atomic E-state index is -3.62. The Hall–Kier alpha value is -3.47. The summed E-state index contributed by atoms with van der Waals surface area (Å²) in [6.07, 6.45) is 4.74. The number of hydrogen-bond acceptors (Lipinski definition) is 6. The predicted molar refractivity (Wildman–Crippen MR) is 102 cm³/mol. The number of nitrogens with two attached hydrogens (primary N) is 1. The second-order valence-electron chi connectivity index (χ2n) is 6.00. The van der Waals surface area contributed by atoms with Gasteiger partial charge in [0.1, 0.15) is 0 Å². The molecule has 2 heterocycles. The molecule has 0 aromatic heterocycles. The maximum Gasteiger partial charge on any atom is 0.259 e. The minimum absolute atomic E-state index is 0.0570. The van der Waals surface area contributed by atoms with Gasteiger partial charge < -0.3 is 21.3 Å². The zero-order valence-electron chi connectivity index (χ0n) is 14.6. The van der Waals surface area contributed by atoms with E-state index in [-0.39, 0.29) is 35.8 Å². The number of carbonyl (C=O) groups excluding carboxylic acids is 3. The largest absolute Gasteiger partial charge is 0.368 e. The highest BCUT2D eigenvalue weighted by atomic mass is 32.2. The number of amidine groups is 1. The van der Waals surface area contributed by atoms with Gasteiger partial charge in [-0.2, -0.15) is 0 Å². The van der Waals surface area contributed by atoms with E-state index in [9.17, 15) is 22.8 Å². The van der Waals surface area contributed by atoms with Crippen molar-refractivity contribution in [2.45, 2.75) is 0 Å². The summed E-state index contributed by atoms with van der Waals surface area (Å²) in [7, 11) is -3.62. The van der Waals surface area contributed by atoms with Crippen LogP contribution in [-0.2, 0) is 19.6 Å². The van der Waals surface area contributed by atoms with Crippen LogP contribution < -0.4 is 16.4 Å². The number of benzene rings is 1. The summed E-state index contributed by atoms with van der Waals surface area (Å²) in [6, 6.07) is 6.05. The van der Waals surface area contributed by atoms with Crippen LogP contribution in [0, 0.1) is 0 Å². The molecule has 11 heteroatoms. The van der Waals surface area contributed by atoms with E-state index in [0.717, 1.165) is 0 Å². The number of nitrogens with one attached hydrogen (secondary N) is 2. The summed E-state index contributed by atoms with van der Waals surface area (Å²) in [5.74, 6) is -1.84. The summed E-state index contributed by atoms with van der Waals surface area (Å²) in [6.45, 7) is -0.101. The van der Waals surface area contributed by atoms with E-state index < -0.39 is 27.7 Å². The van der Waals surface area contributed by atoms with Gasteiger partial charge in [0.15, 0.2) is 5.84 Å². The smallest absolute Gasteiger partial charge is 0.259 e. The number of sulfonamides is 1. The summed E-state index contributed by atoms with van der Waals surface area (Å²) in [4.78, 5) is 37.0. The molecule has 0 saturated carbocycles. The third-order valence-electron chi connectivity index (χ3n) is 3.91. The van der Waals surface area contributed by atoms with E-state index in [1.165, 1.54) is 18.2 Å². The molecule has 1 aromatic rings. The molecule has 0 atom stereocenters. The summed E-state index contributed by atoms with van der Waals surface area (Å²) in [5, 5.41) is 4.97. The lowest BCUT2D eigenvalue weighted by Crippen LogP contribution is -2.40. The quantitative estimate of drug-likeness (QED) is 0.594. The summed E-state index contributed by atoms with van der Waals surface area (Å²) >= 11 is 0. The van der Waals surface area contributed by atoms with E-state index in [2.05, 4.69) is 15.0 Å². The van der Waals surface area contributed by atoms with Gasteiger partial charge in [0.05, 0.1) is 17.9 Å². The lowest BCUT2D eigenvalue weighted by Gasteiger charge is -2.28. The lowest BCUT2D eigenvalue weighted by molar-refractivity contribution is -0.117. The van der Waals surface area contributed by atoms with Crippen LogP contribution in [0.5, 0.6) is 0 Å². The van der Waals surface area contributed by atoms with Gasteiger partial charge in [-0.15, -0.1) is 4.40 Å². The van der Waals surface area contributed by atoms with Crippen molar-refractivity contribution >= 4 is 39.3 Å². The second-order valence-corrected chi connectivity index (χ2v) is 7.75. The number of fused-ring (bicyclic) bond motifs is 1. The standard InChI is InChI=1S/C17H17N5O5S/c18-14(23)10-19-16(24)11-3-1-4-12(9-11)20-17(25)13-5-2-6-22-7-8-28(26,27)21-15(13)22/h1-6,9H,7-8,10H2,(H2,18,23)(H,19,24)(H,20,25). The molecule has 2 aliphatic rings. The minimum Gasteiger partial charge on any atom is -0.368 e. The SMILES string of the molecule is NC(=O)CNC(=O)c1cccc(NC(=O)C2=CC=CN3CCS(=O)(=O)N=C23)c1. The molecule has 0 fully saturated rings. The van der Waals surface area contributed by atoms with Crippen molar-refractivity contribution in [1.29, 1.82) is 0 Å². The molecule has 146 valence electrons. The van der Waals surface area contributed by atoms with Gasteiger partial charge in [0, 0.05) is 24.0 Å². The zero-order valence-corrected chi connectivity index (χ0v) is 15.4. The average molecular weight is 403 g/mol. The number of amides is 3. The Morgan fingerprint density at radius 2 is 2.00 bits per heavy atom. The second kappa shape index (κ2) is 7.64. The molecule has 28 heavy (non-hydrogen) atoms. The Bertz CT molecular complexity index is 1040. The first-order valence-electron chi connectivity index (χ1n) is 8.21. The van der Waals surface area contributed by atoms with Crippen LogP contribution in [0.25, 0.3) is 0 Å². The van der Waals surface area contributed by atoms with Crippen LogP contribution in [0.1, 0.15) is 10.4 Å². The number of primary amides is 1. The molecular weight excluding hydrogens is 386 g/mol. The van der Waals surface area contributed by atoms with E-state index in [1.54, 1.807) is 29.3 Å². The van der Waals surface area contributed by atoms with E-state index in [1.807, 2.05) is 0 Å². The van der Waals surface area contributed by atoms with E-state index in [4.69, 9.17) is 5.73 Å². The van der Waals surface area contributed by atoms with Crippen molar-refractivity contribution in [3.63, 3.8) is 0 Å². The number of hydrogen-bond donors (Lipinski definition) is 3. The van der Waals surface area contributed by atoms with Gasteiger partial charge in [0.25, 0.3) is 21.8 Å². The predicted octanol–water partition coefficient (Wildman–Crippen LogP) is -0.662. The first kappa shape index (κ1) is 19.3. The maximum atomic E-state index is 12.7. The summed E-state index contributed by atoms with van der Waals surface area (Å²) in [5.41, 5.74) is 5.62.